The topological polar surface area (TPSA) is 26.3 Å². The molecule has 3 rings (SSSR count). The maximum Gasteiger partial charge on any atom is 0.306 e. The van der Waals surface area contributed by atoms with Crippen LogP contribution in [-0.2, 0) is 9.53 Å². The zero-order valence-electron chi connectivity index (χ0n) is 7.38. The van der Waals surface area contributed by atoms with Crippen molar-refractivity contribution in [1.82, 2.24) is 0 Å². The fourth-order valence-electron chi connectivity index (χ4n) is 3.06. The summed E-state index contributed by atoms with van der Waals surface area (Å²) in [4.78, 5) is 11.1. The second-order valence-corrected chi connectivity index (χ2v) is 4.92. The van der Waals surface area contributed by atoms with Crippen molar-refractivity contribution in [3.63, 3.8) is 0 Å². The lowest BCUT2D eigenvalue weighted by atomic mass is 9.80. The number of rotatable bonds is 0. The standard InChI is InChI=1S/C10H14O2/c1-10-3-2-6-4-8(11)12-9(6)7(10)5-10/h6-7,9H,2-5H2,1H3. The lowest BCUT2D eigenvalue weighted by Crippen LogP contribution is -2.26. The van der Waals surface area contributed by atoms with Crippen LogP contribution in [0.1, 0.15) is 32.6 Å². The molecule has 4 unspecified atom stereocenters. The van der Waals surface area contributed by atoms with Crippen molar-refractivity contribution < 1.29 is 9.53 Å². The van der Waals surface area contributed by atoms with Crippen LogP contribution in [0.3, 0.4) is 0 Å². The van der Waals surface area contributed by atoms with Crippen molar-refractivity contribution >= 4 is 5.97 Å². The third-order valence-electron chi connectivity index (χ3n) is 4.07. The highest BCUT2D eigenvalue weighted by Crippen LogP contribution is 2.64. The molecule has 66 valence electrons. The third kappa shape index (κ3) is 0.732. The minimum Gasteiger partial charge on any atom is -0.462 e. The minimum atomic E-state index is 0.0427. The number of esters is 1. The summed E-state index contributed by atoms with van der Waals surface area (Å²) in [6.07, 6.45) is 4.81. The van der Waals surface area contributed by atoms with Gasteiger partial charge in [0.2, 0.25) is 0 Å². The molecular formula is C10H14O2. The lowest BCUT2D eigenvalue weighted by molar-refractivity contribution is -0.142. The first-order valence-electron chi connectivity index (χ1n) is 4.88. The van der Waals surface area contributed by atoms with Gasteiger partial charge in [-0.05, 0) is 24.7 Å². The Morgan fingerprint density at radius 3 is 3.25 bits per heavy atom. The van der Waals surface area contributed by atoms with E-state index in [1.807, 2.05) is 0 Å². The van der Waals surface area contributed by atoms with Gasteiger partial charge in [0.15, 0.2) is 0 Å². The molecular weight excluding hydrogens is 152 g/mol. The van der Waals surface area contributed by atoms with E-state index in [4.69, 9.17) is 4.74 Å². The molecule has 2 saturated carbocycles. The highest BCUT2D eigenvalue weighted by atomic mass is 16.6. The van der Waals surface area contributed by atoms with Gasteiger partial charge in [-0.1, -0.05) is 6.92 Å². The molecule has 1 aliphatic heterocycles. The zero-order valence-corrected chi connectivity index (χ0v) is 7.38. The van der Waals surface area contributed by atoms with Gasteiger partial charge in [-0.15, -0.1) is 0 Å². The van der Waals surface area contributed by atoms with Gasteiger partial charge >= 0.3 is 5.97 Å². The Labute approximate surface area is 72.3 Å². The van der Waals surface area contributed by atoms with E-state index in [1.54, 1.807) is 0 Å². The largest absolute Gasteiger partial charge is 0.462 e. The lowest BCUT2D eigenvalue weighted by Gasteiger charge is -2.26. The summed E-state index contributed by atoms with van der Waals surface area (Å²) in [6.45, 7) is 2.33. The molecule has 0 N–H and O–H groups in total. The van der Waals surface area contributed by atoms with Gasteiger partial charge in [0, 0.05) is 11.8 Å². The van der Waals surface area contributed by atoms with Crippen molar-refractivity contribution in [2.75, 3.05) is 0 Å². The molecule has 2 nitrogen and oxygen atoms in total. The molecule has 0 spiro atoms. The molecule has 1 saturated heterocycles. The quantitative estimate of drug-likeness (QED) is 0.512. The van der Waals surface area contributed by atoms with E-state index in [2.05, 4.69) is 6.92 Å². The van der Waals surface area contributed by atoms with Crippen LogP contribution in [0.15, 0.2) is 0 Å². The van der Waals surface area contributed by atoms with Gasteiger partial charge in [0.1, 0.15) is 6.10 Å². The van der Waals surface area contributed by atoms with Crippen LogP contribution in [-0.4, -0.2) is 12.1 Å². The predicted molar refractivity (Wildman–Crippen MR) is 43.4 cm³/mol. The van der Waals surface area contributed by atoms with E-state index in [1.165, 1.54) is 19.3 Å². The number of hydrogen-bond donors (Lipinski definition) is 0. The average molecular weight is 166 g/mol. The minimum absolute atomic E-state index is 0.0427. The number of ether oxygens (including phenoxy) is 1. The van der Waals surface area contributed by atoms with Crippen LogP contribution in [0.2, 0.25) is 0 Å². The number of carbonyl (C=O) groups is 1. The van der Waals surface area contributed by atoms with E-state index < -0.39 is 0 Å². The molecule has 1 heterocycles. The molecule has 2 heteroatoms. The van der Waals surface area contributed by atoms with E-state index in [9.17, 15) is 4.79 Å². The monoisotopic (exact) mass is 166 g/mol. The van der Waals surface area contributed by atoms with Crippen LogP contribution < -0.4 is 0 Å². The second kappa shape index (κ2) is 1.86. The van der Waals surface area contributed by atoms with Crippen LogP contribution in [0.5, 0.6) is 0 Å². The molecule has 0 aromatic heterocycles. The highest BCUT2D eigenvalue weighted by molar-refractivity contribution is 5.72. The zero-order chi connectivity index (χ0) is 8.34. The van der Waals surface area contributed by atoms with Gasteiger partial charge < -0.3 is 4.74 Å². The fraction of sp³-hybridized carbons (Fsp3) is 0.900. The molecule has 0 aromatic rings. The average Bonchev–Trinajstić information content (AvgIpc) is 2.54. The maximum absolute atomic E-state index is 11.1. The van der Waals surface area contributed by atoms with Crippen LogP contribution in [0.25, 0.3) is 0 Å². The molecule has 0 aromatic carbocycles. The van der Waals surface area contributed by atoms with Crippen molar-refractivity contribution in [2.24, 2.45) is 17.3 Å². The fourth-order valence-corrected chi connectivity index (χ4v) is 3.06. The van der Waals surface area contributed by atoms with Crippen LogP contribution >= 0.6 is 0 Å². The molecule has 12 heavy (non-hydrogen) atoms. The van der Waals surface area contributed by atoms with Crippen molar-refractivity contribution in [3.8, 4) is 0 Å². The van der Waals surface area contributed by atoms with E-state index in [0.29, 0.717) is 29.8 Å². The van der Waals surface area contributed by atoms with Crippen LogP contribution in [0, 0.1) is 17.3 Å². The van der Waals surface area contributed by atoms with Crippen molar-refractivity contribution in [2.45, 2.75) is 38.7 Å². The molecule has 4 atom stereocenters. The Bertz CT molecular complexity index is 248. The van der Waals surface area contributed by atoms with Gasteiger partial charge in [-0.3, -0.25) is 4.79 Å². The Balaban J connectivity index is 1.85. The third-order valence-corrected chi connectivity index (χ3v) is 4.07. The number of fused-ring (bicyclic) bond motifs is 3. The smallest absolute Gasteiger partial charge is 0.306 e. The Kier molecular flexibility index (Phi) is 1.07. The highest BCUT2D eigenvalue weighted by Gasteiger charge is 2.61. The first-order chi connectivity index (χ1) is 5.69. The normalized spacial score (nSPS) is 55.8. The Morgan fingerprint density at radius 2 is 2.42 bits per heavy atom. The van der Waals surface area contributed by atoms with Crippen molar-refractivity contribution in [1.29, 1.82) is 0 Å². The van der Waals surface area contributed by atoms with Gasteiger partial charge in [0.25, 0.3) is 0 Å². The molecule has 0 bridgehead atoms. The number of carbonyl (C=O) groups excluding carboxylic acids is 1. The van der Waals surface area contributed by atoms with Crippen molar-refractivity contribution in [3.05, 3.63) is 0 Å². The summed E-state index contributed by atoms with van der Waals surface area (Å²) in [5, 5.41) is 0. The molecule has 2 aliphatic carbocycles. The maximum atomic E-state index is 11.1. The summed E-state index contributed by atoms with van der Waals surface area (Å²) in [5.41, 5.74) is 0.547. The summed E-state index contributed by atoms with van der Waals surface area (Å²) in [7, 11) is 0. The SMILES string of the molecule is CC12CCC3CC(=O)OC3C1C2. The molecule has 0 amide bonds. The van der Waals surface area contributed by atoms with E-state index in [-0.39, 0.29) is 5.97 Å². The summed E-state index contributed by atoms with van der Waals surface area (Å²) in [6, 6.07) is 0. The molecule has 3 fully saturated rings. The Morgan fingerprint density at radius 1 is 1.58 bits per heavy atom. The summed E-state index contributed by atoms with van der Waals surface area (Å²) < 4.78 is 5.35. The first kappa shape index (κ1) is 6.93. The summed E-state index contributed by atoms with van der Waals surface area (Å²) >= 11 is 0. The second-order valence-electron chi connectivity index (χ2n) is 4.92. The van der Waals surface area contributed by atoms with Gasteiger partial charge in [-0.25, -0.2) is 0 Å². The predicted octanol–water partition coefficient (Wildman–Crippen LogP) is 1.74. The van der Waals surface area contributed by atoms with Gasteiger partial charge in [0.05, 0.1) is 6.42 Å². The Hall–Kier alpha value is -0.530. The first-order valence-corrected chi connectivity index (χ1v) is 4.88. The molecule has 0 radical (unpaired) electrons. The van der Waals surface area contributed by atoms with E-state index in [0.717, 1.165) is 0 Å². The molecule has 3 aliphatic rings. The number of hydrogen-bond acceptors (Lipinski definition) is 2. The van der Waals surface area contributed by atoms with Crippen LogP contribution in [0.4, 0.5) is 0 Å². The van der Waals surface area contributed by atoms with Gasteiger partial charge in [-0.2, -0.15) is 0 Å². The summed E-state index contributed by atoms with van der Waals surface area (Å²) in [5.74, 6) is 1.32. The van der Waals surface area contributed by atoms with E-state index >= 15 is 0 Å².